The van der Waals surface area contributed by atoms with Crippen LogP contribution in [-0.4, -0.2) is 35.3 Å². The predicted octanol–water partition coefficient (Wildman–Crippen LogP) is 1.64. The molecule has 5 heteroatoms. The van der Waals surface area contributed by atoms with Gasteiger partial charge in [-0.05, 0) is 50.0 Å². The molecule has 4 nitrogen and oxygen atoms in total. The van der Waals surface area contributed by atoms with E-state index in [0.717, 1.165) is 31.3 Å². The van der Waals surface area contributed by atoms with E-state index >= 15 is 0 Å². The Morgan fingerprint density at radius 1 is 1.32 bits per heavy atom. The highest BCUT2D eigenvalue weighted by Gasteiger charge is 2.51. The van der Waals surface area contributed by atoms with Crippen LogP contribution in [0.15, 0.2) is 11.1 Å². The Balaban J connectivity index is 1.83. The predicted molar refractivity (Wildman–Crippen MR) is 72.5 cm³/mol. The average molecular weight is 283 g/mol. The second kappa shape index (κ2) is 4.82. The minimum atomic E-state index is -0.300. The molecule has 0 aromatic carbocycles. The van der Waals surface area contributed by atoms with Crippen molar-refractivity contribution in [1.29, 1.82) is 0 Å². The van der Waals surface area contributed by atoms with Gasteiger partial charge in [0, 0.05) is 12.1 Å². The molecule has 2 atom stereocenters. The SMILES string of the molecule is CC(=CCl)CN1C(=O)C(C2CC2)NC(=O)C1C1CC1. The van der Waals surface area contributed by atoms with Gasteiger partial charge in [-0.15, -0.1) is 0 Å². The molecule has 1 heterocycles. The molecule has 2 aliphatic carbocycles. The summed E-state index contributed by atoms with van der Waals surface area (Å²) in [6.07, 6.45) is 4.17. The minimum Gasteiger partial charge on any atom is -0.342 e. The number of amides is 2. The zero-order valence-corrected chi connectivity index (χ0v) is 11.8. The lowest BCUT2D eigenvalue weighted by Gasteiger charge is -2.39. The van der Waals surface area contributed by atoms with Crippen molar-refractivity contribution in [3.8, 4) is 0 Å². The fraction of sp³-hybridized carbons (Fsp3) is 0.714. The van der Waals surface area contributed by atoms with Crippen molar-refractivity contribution >= 4 is 23.4 Å². The third-order valence-corrected chi connectivity index (χ3v) is 4.59. The van der Waals surface area contributed by atoms with Gasteiger partial charge in [0.15, 0.2) is 0 Å². The Morgan fingerprint density at radius 3 is 2.47 bits per heavy atom. The van der Waals surface area contributed by atoms with Gasteiger partial charge in [-0.25, -0.2) is 0 Å². The maximum atomic E-state index is 12.6. The Kier molecular flexibility index (Phi) is 3.29. The standard InChI is InChI=1S/C14H19ClN2O2/c1-8(6-15)7-17-12(10-4-5-10)13(18)16-11(14(17)19)9-2-3-9/h6,9-12H,2-5,7H2,1H3,(H,16,18). The number of halogens is 1. The van der Waals surface area contributed by atoms with Crippen molar-refractivity contribution in [2.45, 2.75) is 44.7 Å². The lowest BCUT2D eigenvalue weighted by molar-refractivity contribution is -0.150. The van der Waals surface area contributed by atoms with E-state index in [0.29, 0.717) is 18.4 Å². The van der Waals surface area contributed by atoms with Crippen LogP contribution in [-0.2, 0) is 9.59 Å². The van der Waals surface area contributed by atoms with Crippen LogP contribution in [0, 0.1) is 11.8 Å². The van der Waals surface area contributed by atoms with Crippen LogP contribution in [0.5, 0.6) is 0 Å². The number of hydrogen-bond acceptors (Lipinski definition) is 2. The zero-order chi connectivity index (χ0) is 13.6. The molecule has 1 saturated heterocycles. The largest absolute Gasteiger partial charge is 0.342 e. The molecule has 2 saturated carbocycles. The summed E-state index contributed by atoms with van der Waals surface area (Å²) in [6, 6.07) is -0.584. The van der Waals surface area contributed by atoms with E-state index in [1.165, 1.54) is 5.54 Å². The second-order valence-corrected chi connectivity index (χ2v) is 6.25. The van der Waals surface area contributed by atoms with Gasteiger partial charge in [0.25, 0.3) is 0 Å². The lowest BCUT2D eigenvalue weighted by Crippen LogP contribution is -2.64. The van der Waals surface area contributed by atoms with E-state index in [1.807, 2.05) is 6.92 Å². The normalized spacial score (nSPS) is 32.5. The van der Waals surface area contributed by atoms with Gasteiger partial charge >= 0.3 is 0 Å². The summed E-state index contributed by atoms with van der Waals surface area (Å²) >= 11 is 5.71. The monoisotopic (exact) mass is 282 g/mol. The molecule has 2 unspecified atom stereocenters. The molecule has 2 amide bonds. The zero-order valence-electron chi connectivity index (χ0n) is 11.1. The van der Waals surface area contributed by atoms with Gasteiger partial charge in [0.1, 0.15) is 12.1 Å². The van der Waals surface area contributed by atoms with Gasteiger partial charge in [0.05, 0.1) is 0 Å². The van der Waals surface area contributed by atoms with Crippen molar-refractivity contribution in [2.75, 3.05) is 6.54 Å². The fourth-order valence-electron chi connectivity index (χ4n) is 2.87. The van der Waals surface area contributed by atoms with Gasteiger partial charge in [-0.1, -0.05) is 11.6 Å². The van der Waals surface area contributed by atoms with E-state index in [1.54, 1.807) is 4.90 Å². The Labute approximate surface area is 118 Å². The van der Waals surface area contributed by atoms with Crippen LogP contribution < -0.4 is 5.32 Å². The fourth-order valence-corrected chi connectivity index (χ4v) is 2.94. The molecule has 19 heavy (non-hydrogen) atoms. The van der Waals surface area contributed by atoms with Crippen molar-refractivity contribution in [1.82, 2.24) is 10.2 Å². The molecule has 0 aromatic rings. The topological polar surface area (TPSA) is 49.4 Å². The summed E-state index contributed by atoms with van der Waals surface area (Å²) in [7, 11) is 0. The highest BCUT2D eigenvalue weighted by molar-refractivity contribution is 6.25. The van der Waals surface area contributed by atoms with E-state index in [4.69, 9.17) is 11.6 Å². The van der Waals surface area contributed by atoms with E-state index in [-0.39, 0.29) is 23.9 Å². The van der Waals surface area contributed by atoms with E-state index in [9.17, 15) is 9.59 Å². The van der Waals surface area contributed by atoms with Gasteiger partial charge in [0.2, 0.25) is 11.8 Å². The third kappa shape index (κ3) is 2.50. The minimum absolute atomic E-state index is 0.0290. The smallest absolute Gasteiger partial charge is 0.246 e. The van der Waals surface area contributed by atoms with E-state index in [2.05, 4.69) is 5.32 Å². The quantitative estimate of drug-likeness (QED) is 0.852. The molecule has 1 aliphatic heterocycles. The van der Waals surface area contributed by atoms with Crippen molar-refractivity contribution in [2.24, 2.45) is 11.8 Å². The summed E-state index contributed by atoms with van der Waals surface area (Å²) in [6.45, 7) is 2.36. The summed E-state index contributed by atoms with van der Waals surface area (Å²) in [5.74, 6) is 0.796. The molecular formula is C14H19ClN2O2. The first-order valence-electron chi connectivity index (χ1n) is 6.98. The number of carbonyl (C=O) groups is 2. The number of nitrogens with one attached hydrogen (secondary N) is 1. The summed E-state index contributed by atoms with van der Waals surface area (Å²) in [5, 5.41) is 2.94. The van der Waals surface area contributed by atoms with Crippen LogP contribution in [0.25, 0.3) is 0 Å². The molecule has 0 radical (unpaired) electrons. The number of nitrogens with zero attached hydrogens (tertiary/aromatic N) is 1. The summed E-state index contributed by atoms with van der Waals surface area (Å²) < 4.78 is 0. The molecule has 0 aromatic heterocycles. The first-order chi connectivity index (χ1) is 9.11. The van der Waals surface area contributed by atoms with Crippen molar-refractivity contribution in [3.05, 3.63) is 11.1 Å². The van der Waals surface area contributed by atoms with Gasteiger partial charge in [-0.2, -0.15) is 0 Å². The molecule has 0 spiro atoms. The molecule has 3 aliphatic rings. The second-order valence-electron chi connectivity index (χ2n) is 6.03. The van der Waals surface area contributed by atoms with Crippen LogP contribution in [0.3, 0.4) is 0 Å². The maximum absolute atomic E-state index is 12.6. The molecule has 1 N–H and O–H groups in total. The number of piperazine rings is 1. The number of hydrogen-bond donors (Lipinski definition) is 1. The van der Waals surface area contributed by atoms with Crippen molar-refractivity contribution in [3.63, 3.8) is 0 Å². The molecule has 104 valence electrons. The van der Waals surface area contributed by atoms with E-state index < -0.39 is 0 Å². The summed E-state index contributed by atoms with van der Waals surface area (Å²) in [5.41, 5.74) is 2.42. The van der Waals surface area contributed by atoms with Crippen LogP contribution in [0.1, 0.15) is 32.6 Å². The molecule has 3 fully saturated rings. The van der Waals surface area contributed by atoms with Crippen LogP contribution in [0.4, 0.5) is 0 Å². The highest BCUT2D eigenvalue weighted by atomic mass is 35.5. The maximum Gasteiger partial charge on any atom is 0.246 e. The van der Waals surface area contributed by atoms with Crippen LogP contribution >= 0.6 is 11.6 Å². The van der Waals surface area contributed by atoms with Gasteiger partial charge in [-0.3, -0.25) is 9.59 Å². The lowest BCUT2D eigenvalue weighted by atomic mass is 10.00. The molecule has 0 bridgehead atoms. The number of rotatable bonds is 4. The Morgan fingerprint density at radius 2 is 1.95 bits per heavy atom. The Hall–Kier alpha value is -1.03. The third-order valence-electron chi connectivity index (χ3n) is 4.22. The van der Waals surface area contributed by atoms with Gasteiger partial charge < -0.3 is 10.2 Å². The molecule has 3 rings (SSSR count). The highest BCUT2D eigenvalue weighted by Crippen LogP contribution is 2.40. The first kappa shape index (κ1) is 13.0. The number of carbonyl (C=O) groups excluding carboxylic acids is 2. The average Bonchev–Trinajstić information content (AvgIpc) is 3.25. The first-order valence-corrected chi connectivity index (χ1v) is 7.42. The van der Waals surface area contributed by atoms with Crippen molar-refractivity contribution < 1.29 is 9.59 Å². The molecular weight excluding hydrogens is 264 g/mol. The Bertz CT molecular complexity index is 441. The summed E-state index contributed by atoms with van der Waals surface area (Å²) in [4.78, 5) is 26.6. The van der Waals surface area contributed by atoms with Crippen LogP contribution in [0.2, 0.25) is 0 Å².